The van der Waals surface area contributed by atoms with E-state index in [-0.39, 0.29) is 0 Å². The third-order valence-corrected chi connectivity index (χ3v) is 2.41. The van der Waals surface area contributed by atoms with Gasteiger partial charge in [-0.15, -0.1) is 0 Å². The second-order valence-electron chi connectivity index (χ2n) is 3.34. The zero-order valence-electron chi connectivity index (χ0n) is 8.73. The summed E-state index contributed by atoms with van der Waals surface area (Å²) in [6, 6.07) is 12.7. The van der Waals surface area contributed by atoms with Crippen molar-refractivity contribution in [1.29, 1.82) is 5.26 Å². The zero-order valence-corrected chi connectivity index (χ0v) is 8.73. The molecule has 0 aliphatic heterocycles. The molecule has 0 spiro atoms. The van der Waals surface area contributed by atoms with Gasteiger partial charge in [0.15, 0.2) is 0 Å². The summed E-state index contributed by atoms with van der Waals surface area (Å²) in [7, 11) is 1.48. The molecule has 0 aliphatic carbocycles. The first-order valence-electron chi connectivity index (χ1n) is 4.77. The molecule has 3 nitrogen and oxygen atoms in total. The number of benzene rings is 2. The van der Waals surface area contributed by atoms with Crippen LogP contribution in [0.4, 0.5) is 0 Å². The molecule has 78 valence electrons. The number of carbonyl (C=O) groups excluding carboxylic acids is 1. The Hall–Kier alpha value is -2.34. The van der Waals surface area contributed by atoms with E-state index in [0.29, 0.717) is 11.3 Å². The fraction of sp³-hybridized carbons (Fsp3) is 0.0769. The van der Waals surface area contributed by atoms with Crippen LogP contribution in [-0.2, 0) is 0 Å². The van der Waals surface area contributed by atoms with E-state index >= 15 is 0 Å². The van der Waals surface area contributed by atoms with Crippen molar-refractivity contribution in [2.45, 2.75) is 0 Å². The second kappa shape index (κ2) is 4.03. The Morgan fingerprint density at radius 2 is 1.88 bits per heavy atom. The smallest absolute Gasteiger partial charge is 0.265 e. The van der Waals surface area contributed by atoms with Crippen LogP contribution in [0.1, 0.15) is 10.4 Å². The summed E-state index contributed by atoms with van der Waals surface area (Å²) in [4.78, 5) is 11.4. The highest BCUT2D eigenvalue weighted by molar-refractivity contribution is 6.11. The Morgan fingerprint density at radius 3 is 2.44 bits per heavy atom. The van der Waals surface area contributed by atoms with Gasteiger partial charge >= 0.3 is 0 Å². The molecule has 0 saturated carbocycles. The van der Waals surface area contributed by atoms with Crippen molar-refractivity contribution in [2.75, 3.05) is 7.11 Å². The van der Waals surface area contributed by atoms with Crippen LogP contribution in [0.15, 0.2) is 36.4 Å². The number of rotatable bonds is 2. The van der Waals surface area contributed by atoms with Crippen molar-refractivity contribution >= 4 is 16.6 Å². The van der Waals surface area contributed by atoms with Gasteiger partial charge in [-0.2, -0.15) is 5.26 Å². The molecule has 16 heavy (non-hydrogen) atoms. The quantitative estimate of drug-likeness (QED) is 0.566. The number of hydrogen-bond acceptors (Lipinski definition) is 3. The minimum Gasteiger partial charge on any atom is -0.496 e. The first-order valence-corrected chi connectivity index (χ1v) is 4.77. The normalized spacial score (nSPS) is 9.75. The highest BCUT2D eigenvalue weighted by Crippen LogP contribution is 2.26. The summed E-state index contributed by atoms with van der Waals surface area (Å²) in [6.07, 6.45) is 0. The molecule has 0 N–H and O–H groups in total. The van der Waals surface area contributed by atoms with Gasteiger partial charge in [-0.25, -0.2) is 0 Å². The van der Waals surface area contributed by atoms with Crippen molar-refractivity contribution in [3.8, 4) is 11.8 Å². The summed E-state index contributed by atoms with van der Waals surface area (Å²) in [5.74, 6) is -0.146. The van der Waals surface area contributed by atoms with E-state index in [1.807, 2.05) is 24.3 Å². The van der Waals surface area contributed by atoms with Gasteiger partial charge in [-0.1, -0.05) is 24.3 Å². The molecule has 0 heterocycles. The maximum atomic E-state index is 11.4. The highest BCUT2D eigenvalue weighted by atomic mass is 16.5. The number of ether oxygens (including phenoxy) is 1. The average Bonchev–Trinajstić information content (AvgIpc) is 2.36. The second-order valence-corrected chi connectivity index (χ2v) is 3.34. The van der Waals surface area contributed by atoms with Crippen molar-refractivity contribution in [3.05, 3.63) is 42.0 Å². The minimum atomic E-state index is -0.581. The first kappa shape index (κ1) is 10.2. The van der Waals surface area contributed by atoms with Gasteiger partial charge in [0.1, 0.15) is 11.8 Å². The van der Waals surface area contributed by atoms with E-state index in [4.69, 9.17) is 10.00 Å². The summed E-state index contributed by atoms with van der Waals surface area (Å²) in [5, 5.41) is 10.5. The topological polar surface area (TPSA) is 50.1 Å². The standard InChI is InChI=1S/C13H9NO2/c1-16-13-7-10-5-3-2-4-9(10)6-11(13)12(15)8-14/h2-7H,1H3. The van der Waals surface area contributed by atoms with Crippen molar-refractivity contribution in [1.82, 2.24) is 0 Å². The Kier molecular flexibility index (Phi) is 2.57. The fourth-order valence-electron chi connectivity index (χ4n) is 1.63. The van der Waals surface area contributed by atoms with Crippen molar-refractivity contribution < 1.29 is 9.53 Å². The molecule has 0 fully saturated rings. The number of nitriles is 1. The Balaban J connectivity index is 2.73. The summed E-state index contributed by atoms with van der Waals surface area (Å²) in [5.41, 5.74) is 0.309. The fourth-order valence-corrected chi connectivity index (χ4v) is 1.63. The van der Waals surface area contributed by atoms with Gasteiger partial charge in [-0.3, -0.25) is 4.79 Å². The number of methoxy groups -OCH3 is 1. The van der Waals surface area contributed by atoms with Crippen molar-refractivity contribution in [2.24, 2.45) is 0 Å². The summed E-state index contributed by atoms with van der Waals surface area (Å²) >= 11 is 0. The van der Waals surface area contributed by atoms with E-state index in [1.165, 1.54) is 7.11 Å². The van der Waals surface area contributed by atoms with E-state index in [1.54, 1.807) is 18.2 Å². The monoisotopic (exact) mass is 211 g/mol. The lowest BCUT2D eigenvalue weighted by Crippen LogP contribution is -1.99. The lowest BCUT2D eigenvalue weighted by Gasteiger charge is -2.06. The molecule has 0 aliphatic rings. The van der Waals surface area contributed by atoms with Crippen LogP contribution >= 0.6 is 0 Å². The van der Waals surface area contributed by atoms with Crippen LogP contribution in [0.5, 0.6) is 5.75 Å². The molecule has 2 aromatic carbocycles. The largest absolute Gasteiger partial charge is 0.496 e. The lowest BCUT2D eigenvalue weighted by molar-refractivity contribution is 0.105. The third kappa shape index (κ3) is 1.61. The van der Waals surface area contributed by atoms with Crippen molar-refractivity contribution in [3.63, 3.8) is 0 Å². The molecule has 0 unspecified atom stereocenters. The molecule has 0 amide bonds. The SMILES string of the molecule is COc1cc2ccccc2cc1C(=O)C#N. The van der Waals surface area contributed by atoms with Crippen LogP contribution in [0.3, 0.4) is 0 Å². The number of ketones is 1. The van der Waals surface area contributed by atoms with Crippen LogP contribution < -0.4 is 4.74 Å². The maximum Gasteiger partial charge on any atom is 0.265 e. The van der Waals surface area contributed by atoms with Gasteiger partial charge in [0, 0.05) is 0 Å². The van der Waals surface area contributed by atoms with E-state index < -0.39 is 5.78 Å². The number of nitrogens with zero attached hydrogens (tertiary/aromatic N) is 1. The van der Waals surface area contributed by atoms with Gasteiger partial charge in [0.25, 0.3) is 5.78 Å². The minimum absolute atomic E-state index is 0.309. The molecule has 0 radical (unpaired) electrons. The molecular weight excluding hydrogens is 202 g/mol. The van der Waals surface area contributed by atoms with Gasteiger partial charge in [-0.05, 0) is 22.9 Å². The first-order chi connectivity index (χ1) is 7.76. The lowest BCUT2D eigenvalue weighted by atomic mass is 10.0. The summed E-state index contributed by atoms with van der Waals surface area (Å²) < 4.78 is 5.10. The molecular formula is C13H9NO2. The van der Waals surface area contributed by atoms with E-state index in [9.17, 15) is 4.79 Å². The van der Waals surface area contributed by atoms with Crippen LogP contribution in [0.25, 0.3) is 10.8 Å². The Morgan fingerprint density at radius 1 is 1.25 bits per heavy atom. The number of Topliss-reactive ketones (excluding diaryl/α,β-unsaturated/α-hetero) is 1. The van der Waals surface area contributed by atoms with Crippen LogP contribution in [0.2, 0.25) is 0 Å². The van der Waals surface area contributed by atoms with Crippen LogP contribution in [0, 0.1) is 11.3 Å². The van der Waals surface area contributed by atoms with E-state index in [2.05, 4.69) is 0 Å². The van der Waals surface area contributed by atoms with Crippen LogP contribution in [-0.4, -0.2) is 12.9 Å². The molecule has 2 aromatic rings. The maximum absolute atomic E-state index is 11.4. The molecule has 0 atom stereocenters. The predicted molar refractivity (Wildman–Crippen MR) is 60.4 cm³/mol. The molecule has 3 heteroatoms. The van der Waals surface area contributed by atoms with Gasteiger partial charge in [0.2, 0.25) is 0 Å². The van der Waals surface area contributed by atoms with Gasteiger partial charge in [0.05, 0.1) is 12.7 Å². The Labute approximate surface area is 92.9 Å². The molecule has 2 rings (SSSR count). The number of carbonyl (C=O) groups is 1. The third-order valence-electron chi connectivity index (χ3n) is 2.41. The van der Waals surface area contributed by atoms with Gasteiger partial charge < -0.3 is 4.74 Å². The molecule has 0 saturated heterocycles. The predicted octanol–water partition coefficient (Wildman–Crippen LogP) is 2.55. The number of hydrogen-bond donors (Lipinski definition) is 0. The van der Waals surface area contributed by atoms with E-state index in [0.717, 1.165) is 10.8 Å². The highest BCUT2D eigenvalue weighted by Gasteiger charge is 2.12. The number of fused-ring (bicyclic) bond motifs is 1. The summed E-state index contributed by atoms with van der Waals surface area (Å²) in [6.45, 7) is 0. The zero-order chi connectivity index (χ0) is 11.5. The molecule has 0 aromatic heterocycles. The molecule has 0 bridgehead atoms. The average molecular weight is 211 g/mol. The Bertz CT molecular complexity index is 596.